The summed E-state index contributed by atoms with van der Waals surface area (Å²) in [5.74, 6) is -2.12. The first-order valence-electron chi connectivity index (χ1n) is 13.7. The fraction of sp³-hybridized carbons (Fsp3) is 0.226. The van der Waals surface area contributed by atoms with Crippen molar-refractivity contribution in [1.82, 2.24) is 25.1 Å². The van der Waals surface area contributed by atoms with Gasteiger partial charge in [-0.2, -0.15) is 4.52 Å². The van der Waals surface area contributed by atoms with Crippen LogP contribution >= 0.6 is 0 Å². The Balaban J connectivity index is 0.000000324. The van der Waals surface area contributed by atoms with Crippen molar-refractivity contribution in [2.24, 2.45) is 5.73 Å². The van der Waals surface area contributed by atoms with Crippen molar-refractivity contribution >= 4 is 34.9 Å². The van der Waals surface area contributed by atoms with E-state index in [2.05, 4.69) is 25.9 Å². The first-order chi connectivity index (χ1) is 21.5. The van der Waals surface area contributed by atoms with Crippen LogP contribution in [0, 0.1) is 0 Å². The normalized spacial score (nSPS) is 11.1. The highest BCUT2D eigenvalue weighted by Gasteiger charge is 2.18. The molecule has 0 saturated heterocycles. The second-order valence-corrected chi connectivity index (χ2v) is 9.77. The van der Waals surface area contributed by atoms with Gasteiger partial charge in [-0.15, -0.1) is 5.10 Å². The van der Waals surface area contributed by atoms with Gasteiger partial charge in [0.25, 0.3) is 16.8 Å². The number of esters is 1. The number of hydrogen-bond donors (Lipinski definition) is 5. The van der Waals surface area contributed by atoms with Crippen molar-refractivity contribution in [3.63, 3.8) is 0 Å². The second kappa shape index (κ2) is 15.2. The number of carboxylic acids is 1. The highest BCUT2D eigenvalue weighted by molar-refractivity contribution is 5.96. The van der Waals surface area contributed by atoms with Gasteiger partial charge in [-0.3, -0.25) is 14.4 Å². The molecule has 0 unspecified atom stereocenters. The largest absolute Gasteiger partial charge is 0.477 e. The molecule has 7 N–H and O–H groups in total. The average molecular weight is 631 g/mol. The number of aromatic carboxylic acids is 1. The Morgan fingerprint density at radius 3 is 2.30 bits per heavy atom. The quantitative estimate of drug-likeness (QED) is 0.110. The number of nitrogens with two attached hydrogens (primary N) is 2. The van der Waals surface area contributed by atoms with Crippen LogP contribution in [0.5, 0.6) is 0 Å². The molecule has 15 heteroatoms. The minimum Gasteiger partial charge on any atom is -0.477 e. The zero-order valence-corrected chi connectivity index (χ0v) is 24.3. The number of nitrogen functional groups attached to an aromatic ring is 1. The highest BCUT2D eigenvalue weighted by atomic mass is 16.5. The van der Waals surface area contributed by atoms with Gasteiger partial charge in [-0.05, 0) is 42.7 Å². The van der Waals surface area contributed by atoms with Crippen LogP contribution in [-0.2, 0) is 17.8 Å². The fourth-order valence-corrected chi connectivity index (χ4v) is 4.13. The molecule has 0 aliphatic heterocycles. The molecule has 0 aliphatic rings. The summed E-state index contributed by atoms with van der Waals surface area (Å²) in [6.45, 7) is 4.51. The van der Waals surface area contributed by atoms with Crippen LogP contribution in [0.4, 0.5) is 11.4 Å². The molecular weight excluding hydrogens is 596 g/mol. The van der Waals surface area contributed by atoms with E-state index in [1.54, 1.807) is 43.3 Å². The van der Waals surface area contributed by atoms with Crippen LogP contribution < -0.4 is 33.0 Å². The molecule has 0 fully saturated rings. The number of hydrogen-bond acceptors (Lipinski definition) is 12. The number of fused-ring (bicyclic) bond motifs is 1. The first kappa shape index (κ1) is 34.5. The lowest BCUT2D eigenvalue weighted by Crippen LogP contribution is -2.36. The number of nitrogens with zero attached hydrogens (tertiary/aromatic N) is 4. The molecule has 2 aromatic heterocycles. The molecule has 15 nitrogen and oxygen atoms in total. The third-order valence-corrected chi connectivity index (χ3v) is 6.53. The maximum atomic E-state index is 12.5. The van der Waals surface area contributed by atoms with Gasteiger partial charge in [0.15, 0.2) is 11.3 Å². The van der Waals surface area contributed by atoms with E-state index in [-0.39, 0.29) is 60.9 Å². The molecular formula is C31H34N8O7. The number of ether oxygens (including phenoxy) is 1. The second-order valence-electron chi connectivity index (χ2n) is 9.77. The van der Waals surface area contributed by atoms with Gasteiger partial charge in [0.1, 0.15) is 17.1 Å². The lowest BCUT2D eigenvalue weighted by molar-refractivity contribution is 0.0525. The molecule has 3 aromatic carbocycles. The summed E-state index contributed by atoms with van der Waals surface area (Å²) in [6.07, 6.45) is 1.25. The molecule has 0 radical (unpaired) electrons. The van der Waals surface area contributed by atoms with Crippen molar-refractivity contribution < 1.29 is 24.2 Å². The van der Waals surface area contributed by atoms with E-state index in [4.69, 9.17) is 16.2 Å². The number of amides is 1. The summed E-state index contributed by atoms with van der Waals surface area (Å²) in [7, 11) is 0. The molecule has 240 valence electrons. The molecule has 5 aromatic rings. The number of carbonyl (C=O) groups excluding carboxylic acids is 2. The molecule has 46 heavy (non-hydrogen) atoms. The molecule has 0 saturated carbocycles. The van der Waals surface area contributed by atoms with E-state index in [9.17, 15) is 29.1 Å². The molecule has 0 aliphatic carbocycles. The molecule has 0 spiro atoms. The zero-order chi connectivity index (χ0) is 32.7. The molecule has 1 atom stereocenters. The van der Waals surface area contributed by atoms with E-state index in [0.717, 1.165) is 27.3 Å². The van der Waals surface area contributed by atoms with Gasteiger partial charge >= 0.3 is 11.9 Å². The van der Waals surface area contributed by atoms with Crippen molar-refractivity contribution in [1.29, 1.82) is 0 Å². The Labute approximate surface area is 262 Å². The Morgan fingerprint density at radius 1 is 1.02 bits per heavy atom. The Hall–Kier alpha value is -5.96. The van der Waals surface area contributed by atoms with E-state index in [0.29, 0.717) is 12.2 Å². The predicted molar refractivity (Wildman–Crippen MR) is 170 cm³/mol. The number of rotatable bonds is 10. The summed E-state index contributed by atoms with van der Waals surface area (Å²) >= 11 is 0. The summed E-state index contributed by atoms with van der Waals surface area (Å²) in [6, 6.07) is 15.4. The van der Waals surface area contributed by atoms with Crippen LogP contribution in [0.25, 0.3) is 5.65 Å². The van der Waals surface area contributed by atoms with Crippen LogP contribution in [0.3, 0.4) is 0 Å². The van der Waals surface area contributed by atoms with E-state index in [1.165, 1.54) is 6.20 Å². The number of carboxylic acid groups (broad SMARTS) is 1. The number of carbonyl (C=O) groups is 3. The summed E-state index contributed by atoms with van der Waals surface area (Å²) in [5, 5.41) is 22.0. The number of anilines is 2. The summed E-state index contributed by atoms with van der Waals surface area (Å²) in [4.78, 5) is 61.8. The maximum absolute atomic E-state index is 12.5. The fourth-order valence-electron chi connectivity index (χ4n) is 4.13. The standard InChI is InChI=1S/C19H15N7O5.C11H15NO2.CH4/c20-14-15(17(28)16(14)27)21-6-9-2-1-3-10(4-9)7-22-18(29)11-5-12(19(30)31)26-13(24-11)8-23-25-26;1-3-14-11(13)10-6-4-9(5-7-10)8(2)12;/h1-5,8,21H,6-7,20H2,(H,22,29)(H,30,31);4-8H,3,12H2,1-2H3;1H4/t;8-;/m.0./s1. The van der Waals surface area contributed by atoms with E-state index >= 15 is 0 Å². The van der Waals surface area contributed by atoms with Gasteiger partial charge in [-0.1, -0.05) is 49.0 Å². The number of nitrogens with one attached hydrogen (secondary N) is 2. The third kappa shape index (κ3) is 7.95. The predicted octanol–water partition coefficient (Wildman–Crippen LogP) is 2.06. The monoisotopic (exact) mass is 630 g/mol. The molecule has 5 rings (SSSR count). The minimum absolute atomic E-state index is 0. The highest BCUT2D eigenvalue weighted by Crippen LogP contribution is 2.14. The van der Waals surface area contributed by atoms with Gasteiger partial charge in [0.05, 0.1) is 18.4 Å². The van der Waals surface area contributed by atoms with Crippen molar-refractivity contribution in [3.05, 3.63) is 115 Å². The smallest absolute Gasteiger partial charge is 0.354 e. The average Bonchev–Trinajstić information content (AvgIpc) is 3.52. The van der Waals surface area contributed by atoms with E-state index < -0.39 is 22.7 Å². The number of benzene rings is 2. The van der Waals surface area contributed by atoms with Crippen LogP contribution in [0.15, 0.2) is 70.4 Å². The number of aromatic nitrogens is 4. The van der Waals surface area contributed by atoms with Gasteiger partial charge in [0.2, 0.25) is 0 Å². The van der Waals surface area contributed by atoms with Crippen LogP contribution in [-0.4, -0.2) is 49.4 Å². The lowest BCUT2D eigenvalue weighted by atomic mass is 10.1. The van der Waals surface area contributed by atoms with Crippen molar-refractivity contribution in [2.45, 2.75) is 40.4 Å². The van der Waals surface area contributed by atoms with Gasteiger partial charge < -0.3 is 31.9 Å². The van der Waals surface area contributed by atoms with Crippen LogP contribution in [0.2, 0.25) is 0 Å². The minimum atomic E-state index is -1.27. The van der Waals surface area contributed by atoms with Crippen LogP contribution in [0.1, 0.15) is 75.3 Å². The molecule has 0 bridgehead atoms. The molecule has 1 amide bonds. The lowest BCUT2D eigenvalue weighted by Gasteiger charge is -2.11. The summed E-state index contributed by atoms with van der Waals surface area (Å²) < 4.78 is 5.88. The van der Waals surface area contributed by atoms with Crippen molar-refractivity contribution in [2.75, 3.05) is 17.7 Å². The Kier molecular flexibility index (Phi) is 11.4. The molecule has 2 heterocycles. The Bertz CT molecular complexity index is 1930. The van der Waals surface area contributed by atoms with Gasteiger partial charge in [0, 0.05) is 25.2 Å². The topological polar surface area (TPSA) is 234 Å². The van der Waals surface area contributed by atoms with E-state index in [1.807, 2.05) is 19.1 Å². The van der Waals surface area contributed by atoms with Crippen molar-refractivity contribution in [3.8, 4) is 0 Å². The zero-order valence-electron chi connectivity index (χ0n) is 24.3. The SMILES string of the molecule is C.CCOC(=O)c1ccc([C@H](C)N)cc1.Nc1c(NCc2cccc(CNC(=O)c3cc(C(=O)O)n4nncc4n3)c2)c(=O)c1=O. The maximum Gasteiger partial charge on any atom is 0.354 e. The van der Waals surface area contributed by atoms with Gasteiger partial charge in [-0.25, -0.2) is 14.6 Å². The Morgan fingerprint density at radius 2 is 1.70 bits per heavy atom. The summed E-state index contributed by atoms with van der Waals surface area (Å²) in [5.41, 5.74) is 12.8. The third-order valence-electron chi connectivity index (χ3n) is 6.53. The first-order valence-corrected chi connectivity index (χ1v) is 13.7.